The maximum Gasteiger partial charge on any atom is 1.00 e. The Bertz CT molecular complexity index is 458. The molecule has 0 spiro atoms. The van der Waals surface area contributed by atoms with Crippen molar-refractivity contribution < 1.29 is 71.7 Å². The van der Waals surface area contributed by atoms with E-state index in [1.54, 1.807) is 6.07 Å². The van der Waals surface area contributed by atoms with Gasteiger partial charge in [-0.25, -0.2) is 8.78 Å². The number of benzene rings is 1. The number of halogens is 2. The molecule has 0 saturated heterocycles. The normalized spacial score (nSPS) is 22.6. The first-order chi connectivity index (χ1) is 9.29. The minimum Gasteiger partial charge on any atom is -0.489 e. The molecule has 2 aliphatic rings. The van der Waals surface area contributed by atoms with Gasteiger partial charge in [-0.15, -0.1) is 0 Å². The predicted molar refractivity (Wildman–Crippen MR) is 70.2 cm³/mol. The van der Waals surface area contributed by atoms with Crippen LogP contribution in [-0.2, 0) is 13.1 Å². The Kier molecular flexibility index (Phi) is 6.65. The number of alkyl halides is 1. The maximum atomic E-state index is 13.6. The summed E-state index contributed by atoms with van der Waals surface area (Å²) in [6.07, 6.45) is 8.84. The molecular formula is C16H19F2ORb. The molecule has 1 aromatic carbocycles. The third-order valence-electron chi connectivity index (χ3n) is 4.39. The van der Waals surface area contributed by atoms with Crippen LogP contribution in [0.25, 0.3) is 0 Å². The van der Waals surface area contributed by atoms with E-state index >= 15 is 0 Å². The monoisotopic (exact) mass is 350 g/mol. The number of ether oxygens (including phenoxy) is 1. The van der Waals surface area contributed by atoms with E-state index in [2.05, 4.69) is 6.42 Å². The van der Waals surface area contributed by atoms with Gasteiger partial charge in [-0.3, -0.25) is 0 Å². The van der Waals surface area contributed by atoms with Gasteiger partial charge in [-0.05, 0) is 30.4 Å². The summed E-state index contributed by atoms with van der Waals surface area (Å²) in [5, 5.41) is 0. The van der Waals surface area contributed by atoms with Gasteiger partial charge in [0, 0.05) is 0 Å². The Morgan fingerprint density at radius 2 is 1.95 bits per heavy atom. The first-order valence-electron chi connectivity index (χ1n) is 7.14. The van der Waals surface area contributed by atoms with Gasteiger partial charge in [-0.2, -0.15) is 12.8 Å². The second-order valence-electron chi connectivity index (χ2n) is 5.55. The molecule has 0 N–H and O–H groups in total. The summed E-state index contributed by atoms with van der Waals surface area (Å²) in [6, 6.07) is 3.09. The largest absolute Gasteiger partial charge is 1.00 e. The van der Waals surface area contributed by atoms with E-state index in [1.165, 1.54) is 6.07 Å². The molecular weight excluding hydrogens is 332 g/mol. The molecule has 1 aliphatic carbocycles. The second-order valence-corrected chi connectivity index (χ2v) is 5.55. The van der Waals surface area contributed by atoms with E-state index in [1.807, 2.05) is 0 Å². The van der Waals surface area contributed by atoms with E-state index < -0.39 is 12.5 Å². The van der Waals surface area contributed by atoms with Crippen molar-refractivity contribution in [3.63, 3.8) is 0 Å². The van der Waals surface area contributed by atoms with Gasteiger partial charge >= 0.3 is 58.2 Å². The van der Waals surface area contributed by atoms with Gasteiger partial charge in [0.1, 0.15) is 24.3 Å². The topological polar surface area (TPSA) is 9.23 Å². The van der Waals surface area contributed by atoms with Crippen LogP contribution >= 0.6 is 0 Å². The maximum absolute atomic E-state index is 13.6. The van der Waals surface area contributed by atoms with Crippen LogP contribution in [0.5, 0.6) is 5.75 Å². The second kappa shape index (κ2) is 7.80. The van der Waals surface area contributed by atoms with Gasteiger partial charge in [0.2, 0.25) is 0 Å². The minimum absolute atomic E-state index is 0. The Morgan fingerprint density at radius 1 is 1.20 bits per heavy atom. The molecule has 1 atom stereocenters. The van der Waals surface area contributed by atoms with Gasteiger partial charge in [0.05, 0.1) is 5.56 Å². The molecule has 0 radical (unpaired) electrons. The van der Waals surface area contributed by atoms with Crippen LogP contribution in [0.4, 0.5) is 8.78 Å². The van der Waals surface area contributed by atoms with E-state index in [-0.39, 0.29) is 69.9 Å². The van der Waals surface area contributed by atoms with Crippen LogP contribution in [0, 0.1) is 18.2 Å². The molecule has 0 aromatic heterocycles. The molecule has 1 heterocycles. The van der Waals surface area contributed by atoms with Gasteiger partial charge in [0.25, 0.3) is 0 Å². The standard InChI is InChI=1S/C16H19F2O.Rb/c17-10-13-14(18)8-6-12-7-9-15(19-16(12)13)11-4-2-1-3-5-11;/h1,6,8,11,15H,2-5,7,9-10H2;/q-1;+1. The fourth-order valence-corrected chi connectivity index (χ4v) is 3.28. The summed E-state index contributed by atoms with van der Waals surface area (Å²) in [4.78, 5) is 0. The van der Waals surface area contributed by atoms with Crippen LogP contribution in [0.15, 0.2) is 12.1 Å². The molecule has 1 nitrogen and oxygen atoms in total. The van der Waals surface area contributed by atoms with Gasteiger partial charge in [0.15, 0.2) is 0 Å². The zero-order chi connectivity index (χ0) is 13.2. The molecule has 1 fully saturated rings. The molecule has 1 saturated carbocycles. The molecule has 1 aliphatic heterocycles. The first-order valence-corrected chi connectivity index (χ1v) is 7.14. The van der Waals surface area contributed by atoms with Crippen molar-refractivity contribution in [1.82, 2.24) is 0 Å². The molecule has 4 heteroatoms. The van der Waals surface area contributed by atoms with E-state index in [0.717, 1.165) is 44.1 Å². The number of fused-ring (bicyclic) bond motifs is 1. The number of hydrogen-bond acceptors (Lipinski definition) is 1. The Hall–Kier alpha value is 0.685. The molecule has 104 valence electrons. The molecule has 20 heavy (non-hydrogen) atoms. The van der Waals surface area contributed by atoms with Gasteiger partial charge < -0.3 is 11.2 Å². The average Bonchev–Trinajstić information content (AvgIpc) is 2.47. The van der Waals surface area contributed by atoms with Crippen molar-refractivity contribution in [2.75, 3.05) is 0 Å². The van der Waals surface area contributed by atoms with E-state index in [4.69, 9.17) is 4.74 Å². The first kappa shape index (κ1) is 17.0. The van der Waals surface area contributed by atoms with Crippen LogP contribution < -0.4 is 62.9 Å². The smallest absolute Gasteiger partial charge is 0.489 e. The third-order valence-corrected chi connectivity index (χ3v) is 4.39. The summed E-state index contributed by atoms with van der Waals surface area (Å²) in [7, 11) is 0. The van der Waals surface area contributed by atoms with Crippen molar-refractivity contribution in [3.8, 4) is 5.75 Å². The van der Waals surface area contributed by atoms with Crippen molar-refractivity contribution in [3.05, 3.63) is 35.5 Å². The Balaban J connectivity index is 0.00000147. The van der Waals surface area contributed by atoms with Crippen LogP contribution in [0.2, 0.25) is 0 Å². The summed E-state index contributed by atoms with van der Waals surface area (Å²) >= 11 is 0. The Labute approximate surface area is 168 Å². The summed E-state index contributed by atoms with van der Waals surface area (Å²) < 4.78 is 32.6. The molecule has 0 bridgehead atoms. The number of aryl methyl sites for hydroxylation is 1. The number of hydrogen-bond donors (Lipinski definition) is 0. The zero-order valence-electron chi connectivity index (χ0n) is 12.0. The quantitative estimate of drug-likeness (QED) is 0.732. The van der Waals surface area contributed by atoms with Gasteiger partial charge in [-0.1, -0.05) is 18.9 Å². The van der Waals surface area contributed by atoms with E-state index in [0.29, 0.717) is 11.7 Å². The molecule has 3 rings (SSSR count). The summed E-state index contributed by atoms with van der Waals surface area (Å²) in [6.45, 7) is -0.791. The van der Waals surface area contributed by atoms with Crippen LogP contribution in [0.1, 0.15) is 43.2 Å². The summed E-state index contributed by atoms with van der Waals surface area (Å²) in [5.74, 6) is 0.529. The van der Waals surface area contributed by atoms with Crippen molar-refractivity contribution in [1.29, 1.82) is 0 Å². The fraction of sp³-hybridized carbons (Fsp3) is 0.562. The van der Waals surface area contributed by atoms with Crippen molar-refractivity contribution in [2.24, 2.45) is 5.92 Å². The fourth-order valence-electron chi connectivity index (χ4n) is 3.28. The zero-order valence-corrected chi connectivity index (χ0v) is 16.9. The number of rotatable bonds is 2. The average molecular weight is 351 g/mol. The van der Waals surface area contributed by atoms with Crippen molar-refractivity contribution >= 4 is 0 Å². The SMILES string of the molecule is FCc1c(F)ccc2c1OC(C1CC[CH-]CC1)CC2.[Rb+]. The predicted octanol–water partition coefficient (Wildman–Crippen LogP) is 1.39. The minimum atomic E-state index is -0.791. The molecule has 1 unspecified atom stereocenters. The summed E-state index contributed by atoms with van der Waals surface area (Å²) in [5.41, 5.74) is 1.05. The Morgan fingerprint density at radius 3 is 2.65 bits per heavy atom. The van der Waals surface area contributed by atoms with Crippen molar-refractivity contribution in [2.45, 2.75) is 51.3 Å². The third kappa shape index (κ3) is 3.53. The molecule has 0 amide bonds. The van der Waals surface area contributed by atoms with E-state index in [9.17, 15) is 8.78 Å². The van der Waals surface area contributed by atoms with Crippen LogP contribution in [-0.4, -0.2) is 6.10 Å². The molecule has 1 aromatic rings. The van der Waals surface area contributed by atoms with Crippen LogP contribution in [0.3, 0.4) is 0 Å².